The van der Waals surface area contributed by atoms with Crippen LogP contribution in [0.15, 0.2) is 30.5 Å². The first-order valence-corrected chi connectivity index (χ1v) is 7.53. The Morgan fingerprint density at radius 1 is 1.29 bits per heavy atom. The molecule has 8 heteroatoms. The topological polar surface area (TPSA) is 77.6 Å². The normalized spacial score (nSPS) is 10.8. The Bertz CT molecular complexity index is 898. The number of hydrogen-bond donors (Lipinski definition) is 1. The van der Waals surface area contributed by atoms with Crippen LogP contribution in [0, 0.1) is 19.7 Å². The average molecular weight is 328 g/mol. The van der Waals surface area contributed by atoms with Crippen LogP contribution >= 0.6 is 0 Å². The number of amides is 1. The van der Waals surface area contributed by atoms with Gasteiger partial charge < -0.3 is 0 Å². The van der Waals surface area contributed by atoms with Gasteiger partial charge >= 0.3 is 0 Å². The highest BCUT2D eigenvalue weighted by atomic mass is 19.1. The maximum atomic E-state index is 13.3. The number of rotatable bonds is 4. The minimum Gasteiger partial charge on any atom is -0.289 e. The molecule has 2 heterocycles. The summed E-state index contributed by atoms with van der Waals surface area (Å²) in [4.78, 5) is 16.7. The summed E-state index contributed by atoms with van der Waals surface area (Å²) in [6.07, 6.45) is 1.57. The maximum Gasteiger partial charge on any atom is 0.276 e. The molecule has 7 nitrogen and oxygen atoms in total. The van der Waals surface area contributed by atoms with Gasteiger partial charge in [0.2, 0.25) is 5.95 Å². The molecule has 0 aliphatic carbocycles. The van der Waals surface area contributed by atoms with Gasteiger partial charge in [0.05, 0.1) is 5.69 Å². The Kier molecular flexibility index (Phi) is 4.11. The third kappa shape index (κ3) is 2.90. The van der Waals surface area contributed by atoms with E-state index in [2.05, 4.69) is 20.5 Å². The monoisotopic (exact) mass is 328 g/mol. The SMILES string of the molecule is CCn1nccc1C(=O)Nc1nc(C)nn1-c1ccc(F)cc1C. The molecule has 1 amide bonds. The number of aromatic nitrogens is 5. The number of hydrogen-bond acceptors (Lipinski definition) is 4. The van der Waals surface area contributed by atoms with Crippen molar-refractivity contribution in [1.82, 2.24) is 24.5 Å². The van der Waals surface area contributed by atoms with Gasteiger partial charge in [-0.05, 0) is 50.6 Å². The van der Waals surface area contributed by atoms with Gasteiger partial charge in [-0.25, -0.2) is 4.39 Å². The smallest absolute Gasteiger partial charge is 0.276 e. The first kappa shape index (κ1) is 15.9. The van der Waals surface area contributed by atoms with E-state index in [4.69, 9.17) is 0 Å². The van der Waals surface area contributed by atoms with Crippen molar-refractivity contribution in [2.75, 3.05) is 5.32 Å². The zero-order valence-corrected chi connectivity index (χ0v) is 13.6. The van der Waals surface area contributed by atoms with E-state index in [1.807, 2.05) is 6.92 Å². The molecule has 1 N–H and O–H groups in total. The average Bonchev–Trinajstić information content (AvgIpc) is 3.13. The third-order valence-corrected chi connectivity index (χ3v) is 3.57. The zero-order chi connectivity index (χ0) is 17.3. The van der Waals surface area contributed by atoms with Crippen LogP contribution in [0.4, 0.5) is 10.3 Å². The first-order valence-electron chi connectivity index (χ1n) is 7.53. The van der Waals surface area contributed by atoms with Crippen LogP contribution < -0.4 is 5.32 Å². The number of nitrogens with zero attached hydrogens (tertiary/aromatic N) is 5. The number of nitrogens with one attached hydrogen (secondary N) is 1. The van der Waals surface area contributed by atoms with Crippen LogP contribution in [0.25, 0.3) is 5.69 Å². The van der Waals surface area contributed by atoms with E-state index in [-0.39, 0.29) is 17.7 Å². The molecule has 0 saturated heterocycles. The van der Waals surface area contributed by atoms with Gasteiger partial charge in [-0.15, -0.1) is 5.10 Å². The fourth-order valence-corrected chi connectivity index (χ4v) is 2.46. The second-order valence-corrected chi connectivity index (χ2v) is 5.31. The molecular formula is C16H17FN6O. The molecule has 0 fully saturated rings. The summed E-state index contributed by atoms with van der Waals surface area (Å²) in [5.41, 5.74) is 1.77. The van der Waals surface area contributed by atoms with Gasteiger partial charge in [-0.1, -0.05) is 0 Å². The molecule has 0 saturated carbocycles. The summed E-state index contributed by atoms with van der Waals surface area (Å²) in [5, 5.41) is 11.1. The van der Waals surface area contributed by atoms with Gasteiger partial charge in [-0.3, -0.25) is 14.8 Å². The number of benzene rings is 1. The van der Waals surface area contributed by atoms with Crippen molar-refractivity contribution in [3.05, 3.63) is 53.4 Å². The lowest BCUT2D eigenvalue weighted by molar-refractivity contribution is 0.101. The minimum atomic E-state index is -0.331. The molecular weight excluding hydrogens is 311 g/mol. The Morgan fingerprint density at radius 3 is 2.79 bits per heavy atom. The summed E-state index contributed by atoms with van der Waals surface area (Å²) in [6.45, 7) is 5.98. The highest BCUT2D eigenvalue weighted by Crippen LogP contribution is 2.19. The van der Waals surface area contributed by atoms with E-state index in [1.54, 1.807) is 36.9 Å². The second kappa shape index (κ2) is 6.23. The number of halogens is 1. The molecule has 1 aromatic carbocycles. The molecule has 0 aliphatic rings. The molecule has 0 spiro atoms. The van der Waals surface area contributed by atoms with Crippen molar-refractivity contribution in [3.8, 4) is 5.69 Å². The molecule has 0 atom stereocenters. The lowest BCUT2D eigenvalue weighted by Gasteiger charge is -2.10. The largest absolute Gasteiger partial charge is 0.289 e. The highest BCUT2D eigenvalue weighted by molar-refractivity contribution is 6.02. The number of aryl methyl sites for hydroxylation is 3. The van der Waals surface area contributed by atoms with Crippen molar-refractivity contribution in [2.45, 2.75) is 27.3 Å². The van der Waals surface area contributed by atoms with Crippen molar-refractivity contribution in [1.29, 1.82) is 0 Å². The van der Waals surface area contributed by atoms with Crippen molar-refractivity contribution >= 4 is 11.9 Å². The van der Waals surface area contributed by atoms with E-state index in [9.17, 15) is 9.18 Å². The van der Waals surface area contributed by atoms with Gasteiger partial charge in [-0.2, -0.15) is 14.8 Å². The van der Waals surface area contributed by atoms with Crippen LogP contribution in [0.3, 0.4) is 0 Å². The molecule has 0 aliphatic heterocycles. The van der Waals surface area contributed by atoms with E-state index in [0.717, 1.165) is 0 Å². The van der Waals surface area contributed by atoms with Crippen molar-refractivity contribution in [3.63, 3.8) is 0 Å². The summed E-state index contributed by atoms with van der Waals surface area (Å²) < 4.78 is 16.4. The minimum absolute atomic E-state index is 0.274. The first-order chi connectivity index (χ1) is 11.5. The van der Waals surface area contributed by atoms with Crippen molar-refractivity contribution in [2.24, 2.45) is 0 Å². The number of anilines is 1. The predicted octanol–water partition coefficient (Wildman–Crippen LogP) is 2.49. The fraction of sp³-hybridized carbons (Fsp3) is 0.250. The molecule has 0 bridgehead atoms. The van der Waals surface area contributed by atoms with E-state index in [0.29, 0.717) is 29.3 Å². The quantitative estimate of drug-likeness (QED) is 0.798. The second-order valence-electron chi connectivity index (χ2n) is 5.31. The highest BCUT2D eigenvalue weighted by Gasteiger charge is 2.17. The van der Waals surface area contributed by atoms with Gasteiger partial charge in [0.1, 0.15) is 17.3 Å². The zero-order valence-electron chi connectivity index (χ0n) is 13.6. The summed E-state index contributed by atoms with van der Waals surface area (Å²) in [7, 11) is 0. The van der Waals surface area contributed by atoms with Crippen LogP contribution in [0.2, 0.25) is 0 Å². The van der Waals surface area contributed by atoms with Gasteiger partial charge in [0.25, 0.3) is 5.91 Å². The Labute approximate surface area is 138 Å². The summed E-state index contributed by atoms with van der Waals surface area (Å²) in [5.74, 6) is 0.113. The summed E-state index contributed by atoms with van der Waals surface area (Å²) in [6, 6.07) is 5.99. The fourth-order valence-electron chi connectivity index (χ4n) is 2.46. The van der Waals surface area contributed by atoms with Crippen molar-refractivity contribution < 1.29 is 9.18 Å². The molecule has 0 unspecified atom stereocenters. The Balaban J connectivity index is 1.96. The Hall–Kier alpha value is -3.03. The molecule has 124 valence electrons. The third-order valence-electron chi connectivity index (χ3n) is 3.57. The van der Waals surface area contributed by atoms with E-state index in [1.165, 1.54) is 16.8 Å². The molecule has 3 aromatic rings. The summed E-state index contributed by atoms with van der Waals surface area (Å²) >= 11 is 0. The molecule has 0 radical (unpaired) electrons. The standard InChI is InChI=1S/C16H17FN6O/c1-4-22-14(7-8-18-22)15(24)20-16-19-11(3)21-23(16)13-6-5-12(17)9-10(13)2/h5-9H,4H2,1-3H3,(H,19,20,21,24). The van der Waals surface area contributed by atoms with Crippen LogP contribution in [0.5, 0.6) is 0 Å². The molecule has 2 aromatic heterocycles. The number of carbonyl (C=O) groups excluding carboxylic acids is 1. The van der Waals surface area contributed by atoms with Gasteiger partial charge in [0, 0.05) is 12.7 Å². The lowest BCUT2D eigenvalue weighted by Crippen LogP contribution is -2.20. The van der Waals surface area contributed by atoms with Gasteiger partial charge in [0.15, 0.2) is 0 Å². The van der Waals surface area contributed by atoms with E-state index >= 15 is 0 Å². The van der Waals surface area contributed by atoms with Crippen LogP contribution in [-0.2, 0) is 6.54 Å². The number of carbonyl (C=O) groups is 1. The van der Waals surface area contributed by atoms with Crippen LogP contribution in [0.1, 0.15) is 28.8 Å². The maximum absolute atomic E-state index is 13.3. The van der Waals surface area contributed by atoms with Crippen LogP contribution in [-0.4, -0.2) is 30.5 Å². The Morgan fingerprint density at radius 2 is 2.08 bits per heavy atom. The molecule has 24 heavy (non-hydrogen) atoms. The molecule has 3 rings (SSSR count). The lowest BCUT2D eigenvalue weighted by atomic mass is 10.2. The predicted molar refractivity (Wildman–Crippen MR) is 86.6 cm³/mol. The van der Waals surface area contributed by atoms with E-state index < -0.39 is 0 Å².